The number of aliphatic hydroxyl groups is 1. The highest BCUT2D eigenvalue weighted by Gasteiger charge is 2.23. The number of carbonyl (C=O) groups is 1. The molecule has 1 fully saturated rings. The van der Waals surface area contributed by atoms with Crippen LogP contribution in [0.1, 0.15) is 91.8 Å². The van der Waals surface area contributed by atoms with Crippen LogP contribution in [0.15, 0.2) is 54.6 Å². The summed E-state index contributed by atoms with van der Waals surface area (Å²) in [5.41, 5.74) is 2.67. The van der Waals surface area contributed by atoms with E-state index in [1.54, 1.807) is 0 Å². The molecule has 1 N–H and O–H groups in total. The number of esters is 1. The van der Waals surface area contributed by atoms with Crippen LogP contribution in [0.5, 0.6) is 0 Å². The van der Waals surface area contributed by atoms with Gasteiger partial charge in [0.05, 0.1) is 12.2 Å². The molecule has 0 heterocycles. The molecule has 0 amide bonds. The Morgan fingerprint density at radius 1 is 1.00 bits per heavy atom. The molecule has 0 saturated heterocycles. The van der Waals surface area contributed by atoms with Crippen molar-refractivity contribution in [2.45, 2.75) is 70.3 Å². The van der Waals surface area contributed by atoms with Crippen LogP contribution in [0.3, 0.4) is 0 Å². The molecule has 3 nitrogen and oxygen atoms in total. The van der Waals surface area contributed by atoms with E-state index in [9.17, 15) is 9.90 Å². The summed E-state index contributed by atoms with van der Waals surface area (Å²) < 4.78 is 5.53. The van der Waals surface area contributed by atoms with Crippen LogP contribution in [0.25, 0.3) is 0 Å². The molecule has 1 aliphatic rings. The van der Waals surface area contributed by atoms with E-state index in [4.69, 9.17) is 4.74 Å². The summed E-state index contributed by atoms with van der Waals surface area (Å²) in [6.07, 6.45) is 9.95. The van der Waals surface area contributed by atoms with Crippen LogP contribution in [-0.4, -0.2) is 17.7 Å². The Hall–Kier alpha value is -2.13. The lowest BCUT2D eigenvalue weighted by atomic mass is 9.77. The van der Waals surface area contributed by atoms with Crippen molar-refractivity contribution in [1.82, 2.24) is 0 Å². The molecule has 2 aromatic carbocycles. The molecular formula is C26H34O3. The molecule has 156 valence electrons. The van der Waals surface area contributed by atoms with Crippen molar-refractivity contribution >= 4 is 5.97 Å². The molecule has 1 saturated carbocycles. The van der Waals surface area contributed by atoms with Crippen LogP contribution in [0.2, 0.25) is 0 Å². The zero-order valence-electron chi connectivity index (χ0n) is 17.6. The Balaban J connectivity index is 1.53. The minimum atomic E-state index is -0.633. The molecule has 0 spiro atoms. The molecule has 0 bridgehead atoms. The van der Waals surface area contributed by atoms with Crippen molar-refractivity contribution in [3.8, 4) is 0 Å². The van der Waals surface area contributed by atoms with Crippen molar-refractivity contribution in [2.24, 2.45) is 5.92 Å². The van der Waals surface area contributed by atoms with Gasteiger partial charge in [0.25, 0.3) is 0 Å². The van der Waals surface area contributed by atoms with Crippen LogP contribution in [0.4, 0.5) is 0 Å². The van der Waals surface area contributed by atoms with Gasteiger partial charge in [-0.25, -0.2) is 4.79 Å². The normalized spacial score (nSPS) is 20.2. The quantitative estimate of drug-likeness (QED) is 0.394. The second-order valence-corrected chi connectivity index (χ2v) is 8.32. The Morgan fingerprint density at radius 2 is 1.69 bits per heavy atom. The van der Waals surface area contributed by atoms with Gasteiger partial charge in [0.15, 0.2) is 6.10 Å². The summed E-state index contributed by atoms with van der Waals surface area (Å²) in [6.45, 7) is 2.04. The number of unbranched alkanes of at least 4 members (excludes halogenated alkanes) is 2. The van der Waals surface area contributed by atoms with Crippen molar-refractivity contribution < 1.29 is 14.6 Å². The SMILES string of the molecule is CCCCCC1CCC(c2ccc(C(=O)OC(CO)c3ccccc3)cc2)CC1. The fraction of sp³-hybridized carbons (Fsp3) is 0.500. The molecular weight excluding hydrogens is 360 g/mol. The largest absolute Gasteiger partial charge is 0.451 e. The Labute approximate surface area is 175 Å². The fourth-order valence-electron chi connectivity index (χ4n) is 4.43. The minimum absolute atomic E-state index is 0.227. The lowest BCUT2D eigenvalue weighted by molar-refractivity contribution is 0.0133. The van der Waals surface area contributed by atoms with Gasteiger partial charge in [0.2, 0.25) is 0 Å². The predicted molar refractivity (Wildman–Crippen MR) is 117 cm³/mol. The first-order valence-corrected chi connectivity index (χ1v) is 11.2. The van der Waals surface area contributed by atoms with E-state index in [1.165, 1.54) is 56.9 Å². The molecule has 3 heteroatoms. The molecule has 3 rings (SSSR count). The van der Waals surface area contributed by atoms with E-state index >= 15 is 0 Å². The first-order valence-electron chi connectivity index (χ1n) is 11.2. The lowest BCUT2D eigenvalue weighted by Crippen LogP contribution is -2.15. The maximum atomic E-state index is 12.5. The third-order valence-electron chi connectivity index (χ3n) is 6.27. The second-order valence-electron chi connectivity index (χ2n) is 8.32. The predicted octanol–water partition coefficient (Wildman–Crippen LogP) is 6.43. The lowest BCUT2D eigenvalue weighted by Gasteiger charge is -2.29. The summed E-state index contributed by atoms with van der Waals surface area (Å²) >= 11 is 0. The zero-order valence-corrected chi connectivity index (χ0v) is 17.6. The summed E-state index contributed by atoms with van der Waals surface area (Å²) in [6, 6.07) is 17.3. The number of aliphatic hydroxyl groups excluding tert-OH is 1. The fourth-order valence-corrected chi connectivity index (χ4v) is 4.43. The average molecular weight is 395 g/mol. The van der Waals surface area contributed by atoms with Crippen LogP contribution in [0, 0.1) is 5.92 Å². The Morgan fingerprint density at radius 3 is 2.31 bits per heavy atom. The van der Waals surface area contributed by atoms with Gasteiger partial charge in [-0.05, 0) is 60.8 Å². The van der Waals surface area contributed by atoms with E-state index in [-0.39, 0.29) is 12.6 Å². The summed E-state index contributed by atoms with van der Waals surface area (Å²) in [4.78, 5) is 12.5. The van der Waals surface area contributed by atoms with E-state index < -0.39 is 6.10 Å². The monoisotopic (exact) mass is 394 g/mol. The summed E-state index contributed by atoms with van der Waals surface area (Å²) in [5, 5.41) is 9.60. The summed E-state index contributed by atoms with van der Waals surface area (Å²) in [5.74, 6) is 1.12. The molecule has 0 radical (unpaired) electrons. The smallest absolute Gasteiger partial charge is 0.338 e. The number of hydrogen-bond acceptors (Lipinski definition) is 3. The number of benzene rings is 2. The topological polar surface area (TPSA) is 46.5 Å². The molecule has 1 atom stereocenters. The van der Waals surface area contributed by atoms with Gasteiger partial charge in [-0.3, -0.25) is 0 Å². The van der Waals surface area contributed by atoms with Gasteiger partial charge in [0.1, 0.15) is 0 Å². The molecule has 1 aliphatic carbocycles. The van der Waals surface area contributed by atoms with Crippen molar-refractivity contribution in [3.63, 3.8) is 0 Å². The third kappa shape index (κ3) is 6.17. The third-order valence-corrected chi connectivity index (χ3v) is 6.27. The van der Waals surface area contributed by atoms with E-state index in [1.807, 2.05) is 42.5 Å². The number of hydrogen-bond donors (Lipinski definition) is 1. The first-order chi connectivity index (χ1) is 14.2. The van der Waals surface area contributed by atoms with Crippen molar-refractivity contribution in [3.05, 3.63) is 71.3 Å². The number of ether oxygens (including phenoxy) is 1. The van der Waals surface area contributed by atoms with Gasteiger partial charge in [-0.2, -0.15) is 0 Å². The van der Waals surface area contributed by atoms with Gasteiger partial charge in [0, 0.05) is 0 Å². The van der Waals surface area contributed by atoms with Gasteiger partial charge in [-0.15, -0.1) is 0 Å². The highest BCUT2D eigenvalue weighted by molar-refractivity contribution is 5.89. The van der Waals surface area contributed by atoms with E-state index in [2.05, 4.69) is 19.1 Å². The van der Waals surface area contributed by atoms with Gasteiger partial charge in [-0.1, -0.05) is 75.1 Å². The van der Waals surface area contributed by atoms with Crippen LogP contribution < -0.4 is 0 Å². The van der Waals surface area contributed by atoms with Crippen LogP contribution in [-0.2, 0) is 4.74 Å². The number of carbonyl (C=O) groups excluding carboxylic acids is 1. The van der Waals surface area contributed by atoms with Gasteiger partial charge < -0.3 is 9.84 Å². The molecule has 0 aromatic heterocycles. The van der Waals surface area contributed by atoms with Crippen molar-refractivity contribution in [1.29, 1.82) is 0 Å². The molecule has 2 aromatic rings. The summed E-state index contributed by atoms with van der Waals surface area (Å²) in [7, 11) is 0. The highest BCUT2D eigenvalue weighted by atomic mass is 16.6. The van der Waals surface area contributed by atoms with E-state index in [0.717, 1.165) is 11.5 Å². The van der Waals surface area contributed by atoms with Gasteiger partial charge >= 0.3 is 5.97 Å². The standard InChI is InChI=1S/C26H34O3/c1-2-3-5-8-20-11-13-21(14-12-20)22-15-17-24(18-16-22)26(28)29-25(19-27)23-9-6-4-7-10-23/h4,6-7,9-10,15-18,20-21,25,27H,2-3,5,8,11-14,19H2,1H3. The Kier molecular flexibility index (Phi) is 8.30. The van der Waals surface area contributed by atoms with E-state index in [0.29, 0.717) is 11.5 Å². The average Bonchev–Trinajstić information content (AvgIpc) is 2.78. The number of rotatable bonds is 9. The Bertz CT molecular complexity index is 730. The zero-order chi connectivity index (χ0) is 20.5. The molecule has 0 aliphatic heterocycles. The maximum absolute atomic E-state index is 12.5. The van der Waals surface area contributed by atoms with Crippen LogP contribution >= 0.6 is 0 Å². The molecule has 1 unspecified atom stereocenters. The first kappa shape index (κ1) is 21.6. The minimum Gasteiger partial charge on any atom is -0.451 e. The highest BCUT2D eigenvalue weighted by Crippen LogP contribution is 2.37. The maximum Gasteiger partial charge on any atom is 0.338 e. The second kappa shape index (κ2) is 11.2. The molecule has 29 heavy (non-hydrogen) atoms. The van der Waals surface area contributed by atoms with Crippen molar-refractivity contribution in [2.75, 3.05) is 6.61 Å².